The second-order valence-electron chi connectivity index (χ2n) is 9.21. The Kier molecular flexibility index (Phi) is 7.44. The molecule has 5 rings (SSSR count). The van der Waals surface area contributed by atoms with Gasteiger partial charge in [-0.25, -0.2) is 0 Å². The van der Waals surface area contributed by atoms with Gasteiger partial charge < -0.3 is 5.11 Å². The average molecular weight is 542 g/mol. The molecule has 1 saturated heterocycles. The summed E-state index contributed by atoms with van der Waals surface area (Å²) in [5.74, 6) is -0.929. The highest BCUT2D eigenvalue weighted by atomic mass is 32.2. The van der Waals surface area contributed by atoms with E-state index in [1.807, 2.05) is 86.6 Å². The first-order valence-corrected chi connectivity index (χ1v) is 14.1. The molecule has 0 aliphatic carbocycles. The topological polar surface area (TPSA) is 83.4 Å². The summed E-state index contributed by atoms with van der Waals surface area (Å²) in [4.78, 5) is 28.3. The Morgan fingerprint density at radius 2 is 1.71 bits per heavy atom. The lowest BCUT2D eigenvalue weighted by Crippen LogP contribution is -2.29. The number of Topliss-reactive ketones (excluding diaryl/α,β-unsaturated/α-hetero) is 1. The summed E-state index contributed by atoms with van der Waals surface area (Å²) < 4.78 is 0.695. The minimum atomic E-state index is -0.819. The van der Waals surface area contributed by atoms with Crippen LogP contribution in [0.3, 0.4) is 0 Å². The molecule has 1 atom stereocenters. The molecule has 1 fully saturated rings. The summed E-state index contributed by atoms with van der Waals surface area (Å²) in [6, 6.07) is 22.7. The summed E-state index contributed by atoms with van der Waals surface area (Å²) in [5, 5.41) is 20.4. The third-order valence-electron chi connectivity index (χ3n) is 6.60. The Hall–Kier alpha value is -3.75. The molecule has 1 aromatic heterocycles. The van der Waals surface area contributed by atoms with Crippen molar-refractivity contribution in [3.63, 3.8) is 0 Å². The SMILES string of the molecule is CCc1ccc(C2C(=C(O)c3cc(C)ccc3C)C(=O)C(=O)N2c2nnc(SCc3ccccc3)s2)cc1. The Balaban J connectivity index is 1.58. The molecule has 2 heterocycles. The highest BCUT2D eigenvalue weighted by Crippen LogP contribution is 2.44. The molecule has 8 heteroatoms. The number of hydrogen-bond acceptors (Lipinski definition) is 7. The van der Waals surface area contributed by atoms with Crippen molar-refractivity contribution in [1.29, 1.82) is 0 Å². The van der Waals surface area contributed by atoms with Gasteiger partial charge in [-0.1, -0.05) is 102 Å². The summed E-state index contributed by atoms with van der Waals surface area (Å²) in [5.41, 5.74) is 5.36. The van der Waals surface area contributed by atoms with Gasteiger partial charge >= 0.3 is 5.91 Å². The monoisotopic (exact) mass is 541 g/mol. The highest BCUT2D eigenvalue weighted by Gasteiger charge is 2.48. The van der Waals surface area contributed by atoms with Gasteiger partial charge in [0.1, 0.15) is 5.76 Å². The van der Waals surface area contributed by atoms with E-state index in [2.05, 4.69) is 17.1 Å². The standard InChI is InChI=1S/C30H27N3O3S2/c1-4-20-12-14-22(15-13-20)25-24(26(34)23-16-18(2)10-11-19(23)3)27(35)28(36)33(25)29-31-32-30(38-29)37-17-21-8-6-5-7-9-21/h5-16,25,34H,4,17H2,1-3H3. The number of aryl methyl sites for hydroxylation is 3. The normalized spacial score (nSPS) is 16.8. The second-order valence-corrected chi connectivity index (χ2v) is 11.4. The van der Waals surface area contributed by atoms with Crippen molar-refractivity contribution >= 4 is 45.7 Å². The molecule has 1 amide bonds. The van der Waals surface area contributed by atoms with Crippen molar-refractivity contribution in [3.8, 4) is 0 Å². The van der Waals surface area contributed by atoms with Gasteiger partial charge in [-0.3, -0.25) is 14.5 Å². The van der Waals surface area contributed by atoms with E-state index in [4.69, 9.17) is 0 Å². The van der Waals surface area contributed by atoms with Gasteiger partial charge in [0.2, 0.25) is 5.13 Å². The minimum Gasteiger partial charge on any atom is -0.507 e. The quantitative estimate of drug-likeness (QED) is 0.0929. The van der Waals surface area contributed by atoms with Crippen LogP contribution >= 0.6 is 23.1 Å². The van der Waals surface area contributed by atoms with Crippen LogP contribution in [0.4, 0.5) is 5.13 Å². The fourth-order valence-corrected chi connectivity index (χ4v) is 6.32. The molecule has 0 bridgehead atoms. The van der Waals surface area contributed by atoms with E-state index in [1.54, 1.807) is 0 Å². The van der Waals surface area contributed by atoms with Gasteiger partial charge in [-0.2, -0.15) is 0 Å². The predicted molar refractivity (Wildman–Crippen MR) is 152 cm³/mol. The van der Waals surface area contributed by atoms with Crippen LogP contribution in [0.2, 0.25) is 0 Å². The zero-order valence-corrected chi connectivity index (χ0v) is 23.0. The first kappa shape index (κ1) is 25.9. The molecule has 3 aromatic carbocycles. The number of thioether (sulfide) groups is 1. The first-order valence-electron chi connectivity index (χ1n) is 12.3. The molecule has 1 aliphatic heterocycles. The Morgan fingerprint density at radius 1 is 0.974 bits per heavy atom. The number of carbonyl (C=O) groups is 2. The van der Waals surface area contributed by atoms with Crippen molar-refractivity contribution < 1.29 is 14.7 Å². The maximum Gasteiger partial charge on any atom is 0.301 e. The van der Waals surface area contributed by atoms with Crippen LogP contribution in [-0.2, 0) is 21.8 Å². The molecular formula is C30H27N3O3S2. The number of nitrogens with zero attached hydrogens (tertiary/aromatic N) is 3. The predicted octanol–water partition coefficient (Wildman–Crippen LogP) is 6.64. The van der Waals surface area contributed by atoms with Crippen molar-refractivity contribution in [1.82, 2.24) is 10.2 Å². The van der Waals surface area contributed by atoms with Crippen LogP contribution < -0.4 is 4.90 Å². The molecule has 0 radical (unpaired) electrons. The molecule has 192 valence electrons. The van der Waals surface area contributed by atoms with Gasteiger partial charge in [0.25, 0.3) is 5.78 Å². The molecular weight excluding hydrogens is 514 g/mol. The number of benzene rings is 3. The van der Waals surface area contributed by atoms with Gasteiger partial charge in [-0.05, 0) is 48.6 Å². The van der Waals surface area contributed by atoms with E-state index in [-0.39, 0.29) is 11.3 Å². The molecule has 0 spiro atoms. The summed E-state index contributed by atoms with van der Waals surface area (Å²) in [7, 11) is 0. The lowest BCUT2D eigenvalue weighted by Gasteiger charge is -2.23. The lowest BCUT2D eigenvalue weighted by molar-refractivity contribution is -0.132. The summed E-state index contributed by atoms with van der Waals surface area (Å²) in [6.45, 7) is 5.86. The third-order valence-corrected chi connectivity index (χ3v) is 8.73. The second kappa shape index (κ2) is 10.9. The van der Waals surface area contributed by atoms with Crippen molar-refractivity contribution in [3.05, 3.63) is 112 Å². The Bertz CT molecular complexity index is 1530. The zero-order valence-electron chi connectivity index (χ0n) is 21.3. The smallest absolute Gasteiger partial charge is 0.301 e. The van der Waals surface area contributed by atoms with Crippen LogP contribution in [0.15, 0.2) is 82.7 Å². The van der Waals surface area contributed by atoms with E-state index >= 15 is 0 Å². The number of amides is 1. The van der Waals surface area contributed by atoms with Crippen LogP contribution in [-0.4, -0.2) is 27.0 Å². The number of ketones is 1. The molecule has 4 aromatic rings. The Morgan fingerprint density at radius 3 is 2.42 bits per heavy atom. The largest absolute Gasteiger partial charge is 0.507 e. The first-order chi connectivity index (χ1) is 18.4. The van der Waals surface area contributed by atoms with E-state index in [0.717, 1.165) is 34.2 Å². The molecule has 1 unspecified atom stereocenters. The number of anilines is 1. The number of hydrogen-bond donors (Lipinski definition) is 1. The molecule has 6 nitrogen and oxygen atoms in total. The van der Waals surface area contributed by atoms with Crippen molar-refractivity contribution in [2.45, 2.75) is 43.3 Å². The van der Waals surface area contributed by atoms with Gasteiger partial charge in [-0.15, -0.1) is 10.2 Å². The highest BCUT2D eigenvalue weighted by molar-refractivity contribution is 8.00. The van der Waals surface area contributed by atoms with Crippen LogP contribution in [0.5, 0.6) is 0 Å². The Labute approximate surface area is 230 Å². The van der Waals surface area contributed by atoms with Gasteiger partial charge in [0.15, 0.2) is 4.34 Å². The number of aliphatic hydroxyl groups excluding tert-OH is 1. The van der Waals surface area contributed by atoms with Crippen molar-refractivity contribution in [2.75, 3.05) is 4.90 Å². The number of rotatable bonds is 7. The third kappa shape index (κ3) is 5.01. The molecule has 1 aliphatic rings. The van der Waals surface area contributed by atoms with Crippen LogP contribution in [0.1, 0.15) is 46.3 Å². The van der Waals surface area contributed by atoms with Gasteiger partial charge in [0, 0.05) is 11.3 Å². The van der Waals surface area contributed by atoms with E-state index in [9.17, 15) is 14.7 Å². The zero-order chi connectivity index (χ0) is 26.8. The van der Waals surface area contributed by atoms with Crippen molar-refractivity contribution in [2.24, 2.45) is 0 Å². The average Bonchev–Trinajstić information content (AvgIpc) is 3.51. The fraction of sp³-hybridized carbons (Fsp3) is 0.200. The van der Waals surface area contributed by atoms with E-state index in [0.29, 0.717) is 20.8 Å². The maximum atomic E-state index is 13.5. The van der Waals surface area contributed by atoms with Crippen LogP contribution in [0.25, 0.3) is 5.76 Å². The molecule has 1 N–H and O–H groups in total. The summed E-state index contributed by atoms with van der Waals surface area (Å²) in [6.07, 6.45) is 0.862. The summed E-state index contributed by atoms with van der Waals surface area (Å²) >= 11 is 2.79. The number of aromatic nitrogens is 2. The number of aliphatic hydroxyl groups is 1. The van der Waals surface area contributed by atoms with E-state index in [1.165, 1.54) is 28.0 Å². The fourth-order valence-electron chi connectivity index (χ4n) is 4.49. The molecule has 0 saturated carbocycles. The molecule has 38 heavy (non-hydrogen) atoms. The van der Waals surface area contributed by atoms with E-state index < -0.39 is 17.7 Å². The minimum absolute atomic E-state index is 0.0571. The number of carbonyl (C=O) groups excluding carboxylic acids is 2. The van der Waals surface area contributed by atoms with Gasteiger partial charge in [0.05, 0.1) is 11.6 Å². The lowest BCUT2D eigenvalue weighted by atomic mass is 9.93. The van der Waals surface area contributed by atoms with Crippen LogP contribution in [0, 0.1) is 13.8 Å². The maximum absolute atomic E-state index is 13.5.